The zero-order chi connectivity index (χ0) is 28.6. The van der Waals surface area contributed by atoms with Crippen molar-refractivity contribution in [1.82, 2.24) is 0 Å². The van der Waals surface area contributed by atoms with E-state index in [-0.39, 0.29) is 47.5 Å². The lowest BCUT2D eigenvalue weighted by molar-refractivity contribution is -0.0714. The van der Waals surface area contributed by atoms with Gasteiger partial charge < -0.3 is 50.0 Å². The Balaban J connectivity index is 1.31. The third kappa shape index (κ3) is 4.02. The maximum Gasteiger partial charge on any atom is 0.157 e. The van der Waals surface area contributed by atoms with Crippen molar-refractivity contribution in [3.05, 3.63) is 94.0 Å². The van der Waals surface area contributed by atoms with Crippen molar-refractivity contribution in [1.29, 1.82) is 0 Å². The number of ether oxygens (including phenoxy) is 3. The van der Waals surface area contributed by atoms with Crippen LogP contribution in [0, 0.1) is 0 Å². The zero-order valence-electron chi connectivity index (χ0n) is 21.4. The number of aromatic hydroxyl groups is 6. The first-order valence-corrected chi connectivity index (χ1v) is 13.1. The van der Waals surface area contributed by atoms with Crippen LogP contribution in [0.2, 0.25) is 0 Å². The topological polar surface area (TPSA) is 169 Å². The number of hydrogen-bond donors (Lipinski definition) is 7. The molecule has 3 aliphatic heterocycles. The van der Waals surface area contributed by atoms with Gasteiger partial charge in [-0.25, -0.2) is 0 Å². The van der Waals surface area contributed by atoms with Crippen LogP contribution in [0.5, 0.6) is 46.0 Å². The fraction of sp³-hybridized carbons (Fsp3) is 0.226. The Morgan fingerprint density at radius 2 is 1.34 bits per heavy atom. The highest BCUT2D eigenvalue weighted by molar-refractivity contribution is 5.58. The van der Waals surface area contributed by atoms with Crippen LogP contribution < -0.4 is 9.47 Å². The molecular formula is C31H26O10. The first kappa shape index (κ1) is 25.2. The van der Waals surface area contributed by atoms with Gasteiger partial charge in [-0.3, -0.25) is 0 Å². The predicted molar refractivity (Wildman–Crippen MR) is 143 cm³/mol. The van der Waals surface area contributed by atoms with Crippen molar-refractivity contribution < 1.29 is 50.0 Å². The largest absolute Gasteiger partial charge is 0.508 e. The molecule has 3 heterocycles. The quantitative estimate of drug-likeness (QED) is 0.178. The average molecular weight is 559 g/mol. The summed E-state index contributed by atoms with van der Waals surface area (Å²) in [4.78, 5) is 0. The second-order valence-electron chi connectivity index (χ2n) is 10.6. The summed E-state index contributed by atoms with van der Waals surface area (Å²) in [6, 6.07) is 15.0. The van der Waals surface area contributed by atoms with Crippen LogP contribution in [-0.4, -0.2) is 48.0 Å². The van der Waals surface area contributed by atoms with Gasteiger partial charge in [-0.05, 0) is 53.1 Å². The van der Waals surface area contributed by atoms with E-state index in [9.17, 15) is 35.7 Å². The van der Waals surface area contributed by atoms with E-state index in [2.05, 4.69) is 0 Å². The van der Waals surface area contributed by atoms with Gasteiger partial charge in [-0.2, -0.15) is 0 Å². The summed E-state index contributed by atoms with van der Waals surface area (Å²) >= 11 is 0. The first-order valence-electron chi connectivity index (χ1n) is 13.1. The lowest BCUT2D eigenvalue weighted by atomic mass is 9.77. The average Bonchev–Trinajstić information content (AvgIpc) is 2.94. The van der Waals surface area contributed by atoms with Crippen molar-refractivity contribution in [3.63, 3.8) is 0 Å². The summed E-state index contributed by atoms with van der Waals surface area (Å²) < 4.78 is 18.6. The molecule has 5 atom stereocenters. The molecule has 0 fully saturated rings. The molecule has 4 aromatic carbocycles. The highest BCUT2D eigenvalue weighted by Gasteiger charge is 2.46. The lowest BCUT2D eigenvalue weighted by Crippen LogP contribution is -2.40. The van der Waals surface area contributed by atoms with E-state index in [1.807, 2.05) is 0 Å². The molecule has 0 saturated heterocycles. The smallest absolute Gasteiger partial charge is 0.157 e. The van der Waals surface area contributed by atoms with Gasteiger partial charge in [0, 0.05) is 41.2 Å². The fourth-order valence-electron chi connectivity index (χ4n) is 6.12. The molecule has 0 bridgehead atoms. The normalized spacial score (nSPS) is 24.2. The summed E-state index contributed by atoms with van der Waals surface area (Å²) in [6.07, 6.45) is -3.00. The molecular weight excluding hydrogens is 532 g/mol. The van der Waals surface area contributed by atoms with Gasteiger partial charge in [0.05, 0.1) is 12.7 Å². The summed E-state index contributed by atoms with van der Waals surface area (Å²) in [5, 5.41) is 72.4. The Morgan fingerprint density at radius 3 is 2.15 bits per heavy atom. The molecule has 10 nitrogen and oxygen atoms in total. The minimum Gasteiger partial charge on any atom is -0.508 e. The van der Waals surface area contributed by atoms with E-state index in [1.54, 1.807) is 18.2 Å². The monoisotopic (exact) mass is 558 g/mol. The number of rotatable bonds is 2. The van der Waals surface area contributed by atoms with Gasteiger partial charge in [-0.1, -0.05) is 12.1 Å². The molecule has 10 heteroatoms. The number of phenols is 6. The molecule has 210 valence electrons. The molecule has 0 aliphatic carbocycles. The molecule has 41 heavy (non-hydrogen) atoms. The number of benzene rings is 4. The third-order valence-electron chi connectivity index (χ3n) is 8.09. The molecule has 0 saturated carbocycles. The second kappa shape index (κ2) is 9.12. The van der Waals surface area contributed by atoms with E-state index in [0.29, 0.717) is 44.9 Å². The van der Waals surface area contributed by atoms with Crippen LogP contribution in [0.3, 0.4) is 0 Å². The number of aliphatic hydroxyl groups is 1. The van der Waals surface area contributed by atoms with Gasteiger partial charge in [0.15, 0.2) is 29.1 Å². The number of hydrogen-bond acceptors (Lipinski definition) is 10. The number of phenolic OH excluding ortho intramolecular Hbond substituents is 6. The summed E-state index contributed by atoms with van der Waals surface area (Å²) in [7, 11) is 0. The minimum atomic E-state index is -0.982. The molecule has 0 unspecified atom stereocenters. The molecule has 3 aliphatic rings. The highest BCUT2D eigenvalue weighted by atomic mass is 16.5. The van der Waals surface area contributed by atoms with Crippen LogP contribution in [0.1, 0.15) is 51.5 Å². The van der Waals surface area contributed by atoms with Crippen molar-refractivity contribution in [2.24, 2.45) is 0 Å². The van der Waals surface area contributed by atoms with E-state index in [4.69, 9.17) is 14.2 Å². The molecule has 0 spiro atoms. The minimum absolute atomic E-state index is 0.0102. The Labute approximate surface area is 233 Å². The number of aliphatic hydroxyl groups excluding tert-OH is 1. The first-order chi connectivity index (χ1) is 19.7. The van der Waals surface area contributed by atoms with Gasteiger partial charge in [0.1, 0.15) is 35.2 Å². The van der Waals surface area contributed by atoms with Crippen molar-refractivity contribution in [2.75, 3.05) is 0 Å². The molecule has 4 aromatic rings. The van der Waals surface area contributed by atoms with E-state index in [1.165, 1.54) is 42.5 Å². The highest BCUT2D eigenvalue weighted by Crippen LogP contribution is 2.54. The molecule has 0 amide bonds. The van der Waals surface area contributed by atoms with Gasteiger partial charge >= 0.3 is 0 Å². The van der Waals surface area contributed by atoms with Crippen LogP contribution in [-0.2, 0) is 17.8 Å². The van der Waals surface area contributed by atoms with E-state index < -0.39 is 30.3 Å². The molecule has 7 N–H and O–H groups in total. The van der Waals surface area contributed by atoms with Gasteiger partial charge in [-0.15, -0.1) is 0 Å². The lowest BCUT2D eigenvalue weighted by Gasteiger charge is -2.43. The summed E-state index contributed by atoms with van der Waals surface area (Å²) in [5.74, 6) is -1.12. The SMILES string of the molecule is Oc1ccc2c(c1)O[C@@H]1c3cc(O)c(O)cc3CO[C@H]1[C@H]2c1cc2c(cc1O)O[C@H](c1ccc(O)c(O)c1)[C@@H](O)C2. The molecule has 0 radical (unpaired) electrons. The summed E-state index contributed by atoms with van der Waals surface area (Å²) in [6.45, 7) is 0.131. The summed E-state index contributed by atoms with van der Waals surface area (Å²) in [5.41, 5.74) is 3.53. The Kier molecular flexibility index (Phi) is 5.60. The molecule has 7 rings (SSSR count). The standard InChI is InChI=1S/C31H26O10/c32-16-2-3-17-27(9-16)41-30-18-10-24(37)23(36)8-15(18)12-39-31(30)28(17)19-5-14-7-25(38)29(40-26(14)11-21(19)34)13-1-4-20(33)22(35)6-13/h1-6,8-11,25,28-38H,7,12H2/t25-,28+,29+,30+,31-/m0/s1. The van der Waals surface area contributed by atoms with Crippen LogP contribution in [0.4, 0.5) is 0 Å². The van der Waals surface area contributed by atoms with Crippen molar-refractivity contribution >= 4 is 0 Å². The second-order valence-corrected chi connectivity index (χ2v) is 10.6. The third-order valence-corrected chi connectivity index (χ3v) is 8.09. The van der Waals surface area contributed by atoms with Crippen LogP contribution in [0.25, 0.3) is 0 Å². The number of fused-ring (bicyclic) bond motifs is 5. The maximum absolute atomic E-state index is 11.3. The Morgan fingerprint density at radius 1 is 0.585 bits per heavy atom. The van der Waals surface area contributed by atoms with Crippen molar-refractivity contribution in [2.45, 2.75) is 43.4 Å². The van der Waals surface area contributed by atoms with Crippen molar-refractivity contribution in [3.8, 4) is 46.0 Å². The van der Waals surface area contributed by atoms with Crippen LogP contribution in [0.15, 0.2) is 60.7 Å². The predicted octanol–water partition coefficient (Wildman–Crippen LogP) is 4.12. The van der Waals surface area contributed by atoms with E-state index in [0.717, 1.165) is 0 Å². The zero-order valence-corrected chi connectivity index (χ0v) is 21.4. The van der Waals surface area contributed by atoms with Gasteiger partial charge in [0.25, 0.3) is 0 Å². The van der Waals surface area contributed by atoms with E-state index >= 15 is 0 Å². The fourth-order valence-corrected chi connectivity index (χ4v) is 6.12. The Hall–Kier alpha value is -4.80. The Bertz CT molecular complexity index is 1700. The van der Waals surface area contributed by atoms with Gasteiger partial charge in [0.2, 0.25) is 0 Å². The molecule has 0 aromatic heterocycles. The maximum atomic E-state index is 11.3. The van der Waals surface area contributed by atoms with Crippen LogP contribution >= 0.6 is 0 Å².